The average molecular weight is 318 g/mol. The largest absolute Gasteiger partial charge is 0.334 e. The van der Waals surface area contributed by atoms with Gasteiger partial charge in [0.25, 0.3) is 5.89 Å². The molecule has 0 amide bonds. The molecule has 0 aromatic carbocycles. The van der Waals surface area contributed by atoms with E-state index in [0.29, 0.717) is 26.0 Å². The van der Waals surface area contributed by atoms with Crippen LogP contribution in [0.1, 0.15) is 37.9 Å². The normalized spacial score (nSPS) is 18.7. The first-order chi connectivity index (χ1) is 9.08. The van der Waals surface area contributed by atoms with E-state index in [4.69, 9.17) is 33.5 Å². The maximum absolute atomic E-state index is 6.37. The lowest BCUT2D eigenvalue weighted by Crippen LogP contribution is -2.39. The average Bonchev–Trinajstić information content (AvgIpc) is 2.97. The van der Waals surface area contributed by atoms with Gasteiger partial charge in [0.2, 0.25) is 0 Å². The van der Waals surface area contributed by atoms with E-state index in [-0.39, 0.29) is 0 Å². The molecule has 19 heavy (non-hydrogen) atoms. The summed E-state index contributed by atoms with van der Waals surface area (Å²) < 4.78 is 6.43. The van der Waals surface area contributed by atoms with E-state index in [1.807, 2.05) is 0 Å². The molecule has 1 saturated carbocycles. The minimum absolute atomic E-state index is 0.388. The van der Waals surface area contributed by atoms with Crippen LogP contribution in [0.5, 0.6) is 0 Å². The van der Waals surface area contributed by atoms with Crippen molar-refractivity contribution in [2.45, 2.75) is 37.6 Å². The van der Waals surface area contributed by atoms with Crippen LogP contribution in [-0.2, 0) is 5.54 Å². The zero-order valence-electron chi connectivity index (χ0n) is 10.2. The molecular formula is C12H13Cl2N3OS. The van der Waals surface area contributed by atoms with E-state index in [1.54, 1.807) is 6.07 Å². The number of thiophene rings is 1. The summed E-state index contributed by atoms with van der Waals surface area (Å²) in [4.78, 5) is 4.41. The van der Waals surface area contributed by atoms with Crippen molar-refractivity contribution in [1.29, 1.82) is 0 Å². The summed E-state index contributed by atoms with van der Waals surface area (Å²) in [5.74, 6) is 0.958. The number of nitrogens with zero attached hydrogens (tertiary/aromatic N) is 2. The van der Waals surface area contributed by atoms with Gasteiger partial charge in [-0.25, -0.2) is 0 Å². The Morgan fingerprint density at radius 3 is 2.63 bits per heavy atom. The summed E-state index contributed by atoms with van der Waals surface area (Å²) in [5, 5.41) is 4.03. The van der Waals surface area contributed by atoms with Crippen LogP contribution in [0.3, 0.4) is 0 Å². The van der Waals surface area contributed by atoms with Gasteiger partial charge in [0.15, 0.2) is 5.82 Å². The molecule has 0 saturated heterocycles. The molecule has 1 aliphatic carbocycles. The molecule has 102 valence electrons. The summed E-state index contributed by atoms with van der Waals surface area (Å²) in [7, 11) is 0. The second kappa shape index (κ2) is 5.05. The third kappa shape index (κ3) is 2.52. The van der Waals surface area contributed by atoms with Gasteiger partial charge in [-0.15, -0.1) is 11.3 Å². The van der Waals surface area contributed by atoms with E-state index >= 15 is 0 Å². The predicted octanol–water partition coefficient (Wildman–Crippen LogP) is 4.22. The van der Waals surface area contributed by atoms with Crippen LogP contribution in [0.15, 0.2) is 10.6 Å². The predicted molar refractivity (Wildman–Crippen MR) is 76.6 cm³/mol. The molecule has 0 unspecified atom stereocenters. The van der Waals surface area contributed by atoms with Crippen molar-refractivity contribution in [3.05, 3.63) is 20.6 Å². The van der Waals surface area contributed by atoms with E-state index in [9.17, 15) is 0 Å². The highest BCUT2D eigenvalue weighted by Gasteiger charge is 2.34. The van der Waals surface area contributed by atoms with E-state index in [0.717, 1.165) is 25.7 Å². The van der Waals surface area contributed by atoms with Gasteiger partial charge in [-0.1, -0.05) is 47.6 Å². The van der Waals surface area contributed by atoms with Gasteiger partial charge in [0.05, 0.1) is 15.4 Å². The number of aromatic nitrogens is 2. The third-order valence-electron chi connectivity index (χ3n) is 3.50. The van der Waals surface area contributed by atoms with E-state index in [2.05, 4.69) is 10.1 Å². The molecule has 0 spiro atoms. The van der Waals surface area contributed by atoms with Gasteiger partial charge in [-0.3, -0.25) is 0 Å². The highest BCUT2D eigenvalue weighted by molar-refractivity contribution is 7.20. The molecule has 2 aromatic rings. The molecule has 3 rings (SSSR count). The number of hydrogen-bond acceptors (Lipinski definition) is 5. The molecule has 0 aliphatic heterocycles. The van der Waals surface area contributed by atoms with E-state index < -0.39 is 5.54 Å². The molecule has 2 aromatic heterocycles. The fourth-order valence-corrected chi connectivity index (χ4v) is 3.88. The van der Waals surface area contributed by atoms with Gasteiger partial charge in [0.1, 0.15) is 4.34 Å². The van der Waals surface area contributed by atoms with Gasteiger partial charge in [0, 0.05) is 0 Å². The van der Waals surface area contributed by atoms with Crippen molar-refractivity contribution in [2.24, 2.45) is 5.73 Å². The topological polar surface area (TPSA) is 64.9 Å². The maximum Gasteiger partial charge on any atom is 0.260 e. The quantitative estimate of drug-likeness (QED) is 0.900. The van der Waals surface area contributed by atoms with Gasteiger partial charge in [-0.2, -0.15) is 4.98 Å². The molecule has 4 nitrogen and oxygen atoms in total. The SMILES string of the molecule is NC1(c2noc(-c3cc(Cl)sc3Cl)n2)CCCCC1. The van der Waals surface area contributed by atoms with Crippen LogP contribution in [0.25, 0.3) is 11.5 Å². The molecule has 7 heteroatoms. The molecule has 2 N–H and O–H groups in total. The lowest BCUT2D eigenvalue weighted by molar-refractivity contribution is 0.275. The molecule has 2 heterocycles. The second-order valence-corrected chi connectivity index (χ2v) is 7.16. The molecule has 1 aliphatic rings. The van der Waals surface area contributed by atoms with Crippen LogP contribution in [0, 0.1) is 0 Å². The van der Waals surface area contributed by atoms with Crippen molar-refractivity contribution < 1.29 is 4.52 Å². The third-order valence-corrected chi connectivity index (χ3v) is 4.99. The standard InChI is InChI=1S/C12H13Cl2N3OS/c13-8-6-7(9(14)19-8)10-16-11(17-18-10)12(15)4-2-1-3-5-12/h6H,1-5,15H2. The number of nitrogens with two attached hydrogens (primary N) is 1. The Hall–Kier alpha value is -0.620. The van der Waals surface area contributed by atoms with Crippen LogP contribution in [0.4, 0.5) is 0 Å². The van der Waals surface area contributed by atoms with Crippen LogP contribution in [-0.4, -0.2) is 10.1 Å². The zero-order chi connectivity index (χ0) is 13.5. The Bertz CT molecular complexity index is 590. The Kier molecular flexibility index (Phi) is 3.55. The Morgan fingerprint density at radius 1 is 1.26 bits per heavy atom. The first kappa shape index (κ1) is 13.4. The maximum atomic E-state index is 6.37. The molecule has 0 bridgehead atoms. The van der Waals surface area contributed by atoms with Crippen molar-refractivity contribution in [3.63, 3.8) is 0 Å². The summed E-state index contributed by atoms with van der Waals surface area (Å²) in [6.07, 6.45) is 5.21. The van der Waals surface area contributed by atoms with Gasteiger partial charge in [-0.05, 0) is 18.9 Å². The first-order valence-corrected chi connectivity index (χ1v) is 7.74. The monoisotopic (exact) mass is 317 g/mol. The summed E-state index contributed by atoms with van der Waals surface area (Å²) >= 11 is 13.3. The lowest BCUT2D eigenvalue weighted by atomic mass is 9.82. The highest BCUT2D eigenvalue weighted by Crippen LogP contribution is 2.39. The number of hydrogen-bond donors (Lipinski definition) is 1. The van der Waals surface area contributed by atoms with E-state index in [1.165, 1.54) is 17.8 Å². The molecule has 0 atom stereocenters. The number of rotatable bonds is 2. The Balaban J connectivity index is 1.93. The zero-order valence-corrected chi connectivity index (χ0v) is 12.5. The summed E-state index contributed by atoms with van der Waals surface area (Å²) in [5.41, 5.74) is 6.58. The summed E-state index contributed by atoms with van der Waals surface area (Å²) in [6.45, 7) is 0. The van der Waals surface area contributed by atoms with Crippen LogP contribution < -0.4 is 5.73 Å². The summed E-state index contributed by atoms with van der Waals surface area (Å²) in [6, 6.07) is 1.73. The van der Waals surface area contributed by atoms with Crippen LogP contribution in [0.2, 0.25) is 8.67 Å². The van der Waals surface area contributed by atoms with Crippen LogP contribution >= 0.6 is 34.5 Å². The highest BCUT2D eigenvalue weighted by atomic mass is 35.5. The Morgan fingerprint density at radius 2 is 2.00 bits per heavy atom. The minimum atomic E-state index is -0.466. The fraction of sp³-hybridized carbons (Fsp3) is 0.500. The molecular weight excluding hydrogens is 305 g/mol. The molecule has 0 radical (unpaired) electrons. The fourth-order valence-electron chi connectivity index (χ4n) is 2.43. The second-order valence-electron chi connectivity index (χ2n) is 4.88. The van der Waals surface area contributed by atoms with Gasteiger partial charge >= 0.3 is 0 Å². The smallest absolute Gasteiger partial charge is 0.260 e. The van der Waals surface area contributed by atoms with Crippen molar-refractivity contribution in [1.82, 2.24) is 10.1 Å². The van der Waals surface area contributed by atoms with Gasteiger partial charge < -0.3 is 10.3 Å². The number of halogens is 2. The lowest BCUT2D eigenvalue weighted by Gasteiger charge is -2.29. The van der Waals surface area contributed by atoms with Crippen molar-refractivity contribution in [2.75, 3.05) is 0 Å². The Labute approximate surface area is 124 Å². The molecule has 1 fully saturated rings. The minimum Gasteiger partial charge on any atom is -0.334 e. The van der Waals surface area contributed by atoms with Crippen molar-refractivity contribution in [3.8, 4) is 11.5 Å². The van der Waals surface area contributed by atoms with Crippen molar-refractivity contribution >= 4 is 34.5 Å². The first-order valence-electron chi connectivity index (χ1n) is 6.17.